The van der Waals surface area contributed by atoms with Crippen LogP contribution in [0.1, 0.15) is 38.8 Å². The molecule has 1 aliphatic heterocycles. The number of H-pyrrole nitrogens is 1. The molecular weight excluding hydrogens is 402 g/mol. The van der Waals surface area contributed by atoms with Crippen LogP contribution in [0.5, 0.6) is 11.5 Å². The van der Waals surface area contributed by atoms with Crippen LogP contribution in [-0.2, 0) is 6.42 Å². The van der Waals surface area contributed by atoms with Gasteiger partial charge < -0.3 is 19.2 Å². The zero-order valence-corrected chi connectivity index (χ0v) is 18.6. The number of phenolic OH excluding ortho intramolecular Hbond substituents is 1. The summed E-state index contributed by atoms with van der Waals surface area (Å²) in [7, 11) is 0. The van der Waals surface area contributed by atoms with E-state index in [0.29, 0.717) is 34.4 Å². The van der Waals surface area contributed by atoms with Crippen molar-refractivity contribution in [1.82, 2.24) is 4.98 Å². The van der Waals surface area contributed by atoms with Crippen molar-refractivity contribution in [1.29, 1.82) is 0 Å². The molecule has 0 aliphatic carbocycles. The van der Waals surface area contributed by atoms with Gasteiger partial charge in [-0.1, -0.05) is 17.7 Å². The first-order chi connectivity index (χ1) is 15.2. The normalized spacial score (nSPS) is 14.4. The van der Waals surface area contributed by atoms with Gasteiger partial charge in [0.1, 0.15) is 28.7 Å². The molecule has 0 unspecified atom stereocenters. The molecule has 0 atom stereocenters. The number of ether oxygens (including phenoxy) is 1. The van der Waals surface area contributed by atoms with Gasteiger partial charge in [0.2, 0.25) is 5.43 Å². The van der Waals surface area contributed by atoms with Gasteiger partial charge in [0.05, 0.1) is 11.1 Å². The average Bonchev–Trinajstić information content (AvgIpc) is 3.20. The van der Waals surface area contributed by atoms with Gasteiger partial charge in [0.25, 0.3) is 0 Å². The Kier molecular flexibility index (Phi) is 4.52. The van der Waals surface area contributed by atoms with Crippen molar-refractivity contribution < 1.29 is 14.3 Å². The number of aromatic hydroxyl groups is 1. The largest absolute Gasteiger partial charge is 0.507 e. The number of aromatic amines is 1. The third kappa shape index (κ3) is 3.21. The lowest BCUT2D eigenvalue weighted by atomic mass is 9.93. The lowest BCUT2D eigenvalue weighted by molar-refractivity contribution is 0.157. The number of nitrogens with one attached hydrogen (secondary N) is 1. The van der Waals surface area contributed by atoms with E-state index in [9.17, 15) is 9.90 Å². The third-order valence-electron chi connectivity index (χ3n) is 5.87. The van der Waals surface area contributed by atoms with Gasteiger partial charge in [0, 0.05) is 17.3 Å². The lowest BCUT2D eigenvalue weighted by Gasteiger charge is -2.30. The zero-order valence-electron chi connectivity index (χ0n) is 18.6. The SMILES string of the molecule is CC(C)=CCc1c2c(c3occ(-c4ccc5[nH]ccc5c4)c(=O)c3c1O)C=CC(C)(C)O2. The van der Waals surface area contributed by atoms with Crippen LogP contribution in [0.2, 0.25) is 0 Å². The highest BCUT2D eigenvalue weighted by atomic mass is 16.5. The Morgan fingerprint density at radius 2 is 2.03 bits per heavy atom. The van der Waals surface area contributed by atoms with Crippen LogP contribution in [0.3, 0.4) is 0 Å². The lowest BCUT2D eigenvalue weighted by Crippen LogP contribution is -2.28. The summed E-state index contributed by atoms with van der Waals surface area (Å²) in [5.41, 5.74) is 4.07. The first-order valence-electron chi connectivity index (χ1n) is 10.7. The Bertz CT molecular complexity index is 1490. The summed E-state index contributed by atoms with van der Waals surface area (Å²) in [4.78, 5) is 16.8. The molecule has 4 aromatic rings. The van der Waals surface area contributed by atoms with Crippen LogP contribution in [-0.4, -0.2) is 15.7 Å². The highest BCUT2D eigenvalue weighted by Gasteiger charge is 2.30. The molecular formula is C27H25NO4. The molecule has 32 heavy (non-hydrogen) atoms. The summed E-state index contributed by atoms with van der Waals surface area (Å²) in [5.74, 6) is 0.477. The molecule has 2 N–H and O–H groups in total. The van der Waals surface area contributed by atoms with Crippen molar-refractivity contribution in [3.8, 4) is 22.6 Å². The molecule has 1 aliphatic rings. The quantitative estimate of drug-likeness (QED) is 0.374. The molecule has 2 aromatic heterocycles. The molecule has 0 bridgehead atoms. The molecule has 0 amide bonds. The van der Waals surface area contributed by atoms with Gasteiger partial charge in [0.15, 0.2) is 5.58 Å². The number of phenols is 1. The Balaban J connectivity index is 1.80. The van der Waals surface area contributed by atoms with Crippen LogP contribution in [0.4, 0.5) is 0 Å². The van der Waals surface area contributed by atoms with Crippen LogP contribution in [0, 0.1) is 0 Å². The minimum absolute atomic E-state index is 0.0827. The number of fused-ring (bicyclic) bond motifs is 4. The van der Waals surface area contributed by atoms with Crippen molar-refractivity contribution in [2.24, 2.45) is 0 Å². The smallest absolute Gasteiger partial charge is 0.204 e. The fourth-order valence-corrected chi connectivity index (χ4v) is 4.17. The molecule has 0 saturated carbocycles. The van der Waals surface area contributed by atoms with Gasteiger partial charge in [-0.05, 0) is 75.4 Å². The number of aromatic nitrogens is 1. The first kappa shape index (κ1) is 20.2. The Morgan fingerprint density at radius 1 is 1.22 bits per heavy atom. The van der Waals surface area contributed by atoms with Crippen LogP contribution >= 0.6 is 0 Å². The van der Waals surface area contributed by atoms with Gasteiger partial charge >= 0.3 is 0 Å². The fourth-order valence-electron chi connectivity index (χ4n) is 4.17. The minimum atomic E-state index is -0.529. The van der Waals surface area contributed by atoms with E-state index in [1.54, 1.807) is 0 Å². The summed E-state index contributed by atoms with van der Waals surface area (Å²) in [6.07, 6.45) is 9.65. The van der Waals surface area contributed by atoms with Gasteiger partial charge in [-0.3, -0.25) is 4.79 Å². The topological polar surface area (TPSA) is 75.5 Å². The standard InChI is InChI=1S/C27H25NO4/c1-15(2)5-7-18-23(29)22-24(30)20(16-6-8-21-17(13-16)10-12-28-21)14-31-26(22)19-9-11-27(3,4)32-25(18)19/h5-6,8-14,28-29H,7H2,1-4H3. The highest BCUT2D eigenvalue weighted by Crippen LogP contribution is 2.44. The summed E-state index contributed by atoms with van der Waals surface area (Å²) in [5, 5.41) is 12.5. The second kappa shape index (κ2) is 7.16. The maximum absolute atomic E-state index is 13.6. The van der Waals surface area contributed by atoms with Crippen molar-refractivity contribution in [2.45, 2.75) is 39.7 Å². The van der Waals surface area contributed by atoms with E-state index in [4.69, 9.17) is 9.15 Å². The van der Waals surface area contributed by atoms with Gasteiger partial charge in [-0.2, -0.15) is 0 Å². The van der Waals surface area contributed by atoms with E-state index in [0.717, 1.165) is 22.0 Å². The predicted molar refractivity (Wildman–Crippen MR) is 128 cm³/mol. The predicted octanol–water partition coefficient (Wildman–Crippen LogP) is 6.34. The molecule has 3 heterocycles. The second-order valence-corrected chi connectivity index (χ2v) is 9.06. The minimum Gasteiger partial charge on any atom is -0.507 e. The maximum Gasteiger partial charge on any atom is 0.204 e. The van der Waals surface area contributed by atoms with Crippen molar-refractivity contribution in [3.05, 3.63) is 75.8 Å². The molecule has 5 rings (SSSR count). The highest BCUT2D eigenvalue weighted by molar-refractivity contribution is 5.97. The third-order valence-corrected chi connectivity index (χ3v) is 5.87. The fraction of sp³-hybridized carbons (Fsp3) is 0.222. The average molecular weight is 428 g/mol. The van der Waals surface area contributed by atoms with E-state index >= 15 is 0 Å². The molecule has 0 saturated heterocycles. The van der Waals surface area contributed by atoms with Gasteiger partial charge in [-0.15, -0.1) is 0 Å². The molecule has 162 valence electrons. The van der Waals surface area contributed by atoms with Crippen molar-refractivity contribution in [3.63, 3.8) is 0 Å². The van der Waals surface area contributed by atoms with E-state index in [1.165, 1.54) is 6.26 Å². The van der Waals surface area contributed by atoms with Crippen LogP contribution < -0.4 is 10.2 Å². The van der Waals surface area contributed by atoms with E-state index in [-0.39, 0.29) is 16.6 Å². The first-order valence-corrected chi connectivity index (χ1v) is 10.7. The van der Waals surface area contributed by atoms with Crippen LogP contribution in [0.15, 0.2) is 63.7 Å². The van der Waals surface area contributed by atoms with Crippen LogP contribution in [0.25, 0.3) is 39.1 Å². The van der Waals surface area contributed by atoms with E-state index < -0.39 is 5.60 Å². The van der Waals surface area contributed by atoms with Crippen molar-refractivity contribution >= 4 is 27.9 Å². The number of hydrogen-bond donors (Lipinski definition) is 2. The summed E-state index contributed by atoms with van der Waals surface area (Å²) >= 11 is 0. The number of rotatable bonds is 3. The van der Waals surface area contributed by atoms with E-state index in [2.05, 4.69) is 4.98 Å². The summed E-state index contributed by atoms with van der Waals surface area (Å²) in [6, 6.07) is 7.70. The maximum atomic E-state index is 13.6. The van der Waals surface area contributed by atoms with Crippen molar-refractivity contribution in [2.75, 3.05) is 0 Å². The number of hydrogen-bond acceptors (Lipinski definition) is 4. The Hall–Kier alpha value is -3.73. The number of benzene rings is 2. The second-order valence-electron chi connectivity index (χ2n) is 9.06. The Labute approximate surface area is 185 Å². The zero-order chi connectivity index (χ0) is 22.6. The molecule has 0 fully saturated rings. The van der Waals surface area contributed by atoms with E-state index in [1.807, 2.05) is 76.4 Å². The Morgan fingerprint density at radius 3 is 2.81 bits per heavy atom. The number of allylic oxidation sites excluding steroid dienone is 2. The molecule has 0 spiro atoms. The molecule has 5 heteroatoms. The molecule has 5 nitrogen and oxygen atoms in total. The summed E-state index contributed by atoms with van der Waals surface area (Å²) < 4.78 is 12.2. The van der Waals surface area contributed by atoms with Gasteiger partial charge in [-0.25, -0.2) is 0 Å². The monoisotopic (exact) mass is 427 g/mol. The molecule has 2 aromatic carbocycles. The molecule has 0 radical (unpaired) electrons. The summed E-state index contributed by atoms with van der Waals surface area (Å²) in [6.45, 7) is 7.90.